The van der Waals surface area contributed by atoms with Crippen LogP contribution in [0.5, 0.6) is 11.8 Å². The van der Waals surface area contributed by atoms with Gasteiger partial charge in [-0.05, 0) is 0 Å². The van der Waals surface area contributed by atoms with Crippen LogP contribution in [0.2, 0.25) is 0 Å². The van der Waals surface area contributed by atoms with Crippen LogP contribution < -0.4 is 15.2 Å². The summed E-state index contributed by atoms with van der Waals surface area (Å²) in [5, 5.41) is 7.55. The van der Waals surface area contributed by atoms with Crippen molar-refractivity contribution in [3.05, 3.63) is 36.2 Å². The summed E-state index contributed by atoms with van der Waals surface area (Å²) in [5.41, 5.74) is 6.77. The fourth-order valence-electron chi connectivity index (χ4n) is 1.49. The maximum atomic E-state index is 5.64. The Bertz CT molecular complexity index is 744. The predicted octanol–water partition coefficient (Wildman–Crippen LogP) is 0.0515. The second kappa shape index (κ2) is 8.12. The first-order valence-electron chi connectivity index (χ1n) is 6.33. The lowest BCUT2D eigenvalue weighted by molar-refractivity contribution is 0.396. The molecule has 0 aliphatic heterocycles. The maximum absolute atomic E-state index is 5.64. The number of rotatable bonds is 5. The highest BCUT2D eigenvalue weighted by Gasteiger charge is 2.01. The Hall–Kier alpha value is -3.43. The number of hydrogen-bond donors (Lipinski definition) is 1. The Morgan fingerprint density at radius 1 is 1.00 bits per heavy atom. The summed E-state index contributed by atoms with van der Waals surface area (Å²) >= 11 is 0. The maximum Gasteiger partial charge on any atom is 0.240 e. The topological polar surface area (TPSA) is 133 Å². The lowest BCUT2D eigenvalue weighted by Gasteiger charge is -2.00. The minimum atomic E-state index is -0.0528. The second-order valence-electron chi connectivity index (χ2n) is 3.94. The number of nitrogens with two attached hydrogens (primary N) is 1. The van der Waals surface area contributed by atoms with Gasteiger partial charge in [0.05, 0.1) is 31.6 Å². The highest BCUT2D eigenvalue weighted by molar-refractivity contribution is 5.94. The minimum absolute atomic E-state index is 0.0528. The summed E-state index contributed by atoms with van der Waals surface area (Å²) in [6, 6.07) is 0. The third-order valence-electron chi connectivity index (χ3n) is 2.48. The molecule has 2 aromatic rings. The van der Waals surface area contributed by atoms with Gasteiger partial charge in [0.15, 0.2) is 0 Å². The zero-order valence-electron chi connectivity index (χ0n) is 12.5. The van der Waals surface area contributed by atoms with E-state index >= 15 is 0 Å². The third kappa shape index (κ3) is 4.52. The van der Waals surface area contributed by atoms with Crippen LogP contribution in [0.15, 0.2) is 40.2 Å². The summed E-state index contributed by atoms with van der Waals surface area (Å²) in [6.07, 6.45) is 8.65. The van der Waals surface area contributed by atoms with Crippen molar-refractivity contribution in [2.45, 2.75) is 0 Å². The van der Waals surface area contributed by atoms with E-state index in [0.717, 1.165) is 0 Å². The molecule has 0 aromatic carbocycles. The van der Waals surface area contributed by atoms with Crippen LogP contribution in [0.4, 0.5) is 0 Å². The lowest BCUT2D eigenvalue weighted by Crippen LogP contribution is -2.08. The Morgan fingerprint density at radius 3 is 2.13 bits per heavy atom. The van der Waals surface area contributed by atoms with Crippen molar-refractivity contribution in [3.63, 3.8) is 0 Å². The Morgan fingerprint density at radius 2 is 1.57 bits per heavy atom. The van der Waals surface area contributed by atoms with Gasteiger partial charge in [0.25, 0.3) is 0 Å². The summed E-state index contributed by atoms with van der Waals surface area (Å²) in [7, 11) is 2.99. The molecule has 2 heterocycles. The molecule has 0 fully saturated rings. The largest absolute Gasteiger partial charge is 0.480 e. The average molecular weight is 314 g/mol. The molecule has 0 bridgehead atoms. The minimum Gasteiger partial charge on any atom is -0.480 e. The Kier molecular flexibility index (Phi) is 5.63. The first-order valence-corrected chi connectivity index (χ1v) is 6.33. The second-order valence-corrected chi connectivity index (χ2v) is 3.94. The smallest absolute Gasteiger partial charge is 0.240 e. The van der Waals surface area contributed by atoms with Gasteiger partial charge in [-0.1, -0.05) is 0 Å². The standard InChI is InChI=1S/C13H14N8O2/c1-22-11-9(3-15-7-18-11)5-17-13(14)21-20-6-10-4-16-8-19-12(10)23-2/h3-8H,1-2H3,(H2,14,21)/b17-5+,20-6+. The van der Waals surface area contributed by atoms with Crippen LogP contribution in [0.3, 0.4) is 0 Å². The third-order valence-corrected chi connectivity index (χ3v) is 2.48. The van der Waals surface area contributed by atoms with E-state index < -0.39 is 0 Å². The Labute approximate surface area is 131 Å². The van der Waals surface area contributed by atoms with Gasteiger partial charge in [-0.15, -0.1) is 5.10 Å². The zero-order valence-corrected chi connectivity index (χ0v) is 12.5. The van der Waals surface area contributed by atoms with Crippen LogP contribution in [-0.4, -0.2) is 52.5 Å². The molecular weight excluding hydrogens is 300 g/mol. The number of aliphatic imine (C=N–C) groups is 1. The molecular formula is C13H14N8O2. The predicted molar refractivity (Wildman–Crippen MR) is 84.0 cm³/mol. The van der Waals surface area contributed by atoms with Gasteiger partial charge in [0, 0.05) is 18.6 Å². The van der Waals surface area contributed by atoms with Crippen LogP contribution >= 0.6 is 0 Å². The van der Waals surface area contributed by atoms with Crippen LogP contribution in [0, 0.1) is 0 Å². The summed E-state index contributed by atoms with van der Waals surface area (Å²) in [6.45, 7) is 0. The molecule has 2 rings (SSSR count). The molecule has 0 saturated heterocycles. The van der Waals surface area contributed by atoms with E-state index in [-0.39, 0.29) is 5.96 Å². The van der Waals surface area contributed by atoms with Crippen molar-refractivity contribution in [2.24, 2.45) is 20.9 Å². The molecule has 23 heavy (non-hydrogen) atoms. The Balaban J connectivity index is 2.08. The molecule has 0 radical (unpaired) electrons. The highest BCUT2D eigenvalue weighted by atomic mass is 16.5. The van der Waals surface area contributed by atoms with E-state index in [2.05, 4.69) is 35.1 Å². The molecule has 0 spiro atoms. The van der Waals surface area contributed by atoms with Gasteiger partial charge in [0.2, 0.25) is 17.7 Å². The molecule has 0 atom stereocenters. The van der Waals surface area contributed by atoms with E-state index in [1.165, 1.54) is 51.7 Å². The average Bonchev–Trinajstić information content (AvgIpc) is 2.60. The lowest BCUT2D eigenvalue weighted by atomic mass is 10.3. The molecule has 0 saturated carbocycles. The number of nitrogens with zero attached hydrogens (tertiary/aromatic N) is 7. The molecule has 10 nitrogen and oxygen atoms in total. The molecule has 118 valence electrons. The summed E-state index contributed by atoms with van der Waals surface area (Å²) in [4.78, 5) is 19.5. The van der Waals surface area contributed by atoms with Crippen LogP contribution in [0.25, 0.3) is 0 Å². The normalized spacial score (nSPS) is 12.0. The van der Waals surface area contributed by atoms with Crippen LogP contribution in [-0.2, 0) is 0 Å². The van der Waals surface area contributed by atoms with Crippen molar-refractivity contribution < 1.29 is 9.47 Å². The number of guanidine groups is 1. The number of methoxy groups -OCH3 is 2. The van der Waals surface area contributed by atoms with Gasteiger partial charge in [-0.3, -0.25) is 0 Å². The van der Waals surface area contributed by atoms with Gasteiger partial charge in [-0.25, -0.2) is 24.9 Å². The quantitative estimate of drug-likeness (QED) is 0.468. The van der Waals surface area contributed by atoms with Gasteiger partial charge in [0.1, 0.15) is 12.7 Å². The molecule has 0 aliphatic rings. The van der Waals surface area contributed by atoms with Crippen molar-refractivity contribution in [2.75, 3.05) is 14.2 Å². The van der Waals surface area contributed by atoms with Gasteiger partial charge >= 0.3 is 0 Å². The SMILES string of the molecule is COc1ncncc1/C=N/N=C(N)/N=C/c1cncnc1OC. The van der Waals surface area contributed by atoms with Gasteiger partial charge in [-0.2, -0.15) is 5.10 Å². The molecule has 10 heteroatoms. The van der Waals surface area contributed by atoms with E-state index in [1.807, 2.05) is 0 Å². The van der Waals surface area contributed by atoms with Crippen molar-refractivity contribution in [1.29, 1.82) is 0 Å². The van der Waals surface area contributed by atoms with E-state index in [0.29, 0.717) is 22.9 Å². The number of aromatic nitrogens is 4. The number of ether oxygens (including phenoxy) is 2. The highest BCUT2D eigenvalue weighted by Crippen LogP contribution is 2.09. The molecule has 0 amide bonds. The van der Waals surface area contributed by atoms with Crippen molar-refractivity contribution in [3.8, 4) is 11.8 Å². The fraction of sp³-hybridized carbons (Fsp3) is 0.154. The first kappa shape index (κ1) is 15.9. The molecule has 2 N–H and O–H groups in total. The zero-order chi connectivity index (χ0) is 16.5. The first-order chi connectivity index (χ1) is 11.2. The summed E-state index contributed by atoms with van der Waals surface area (Å²) in [5.74, 6) is 0.710. The van der Waals surface area contributed by atoms with Gasteiger partial charge < -0.3 is 15.2 Å². The van der Waals surface area contributed by atoms with E-state index in [9.17, 15) is 0 Å². The van der Waals surface area contributed by atoms with E-state index in [4.69, 9.17) is 15.2 Å². The van der Waals surface area contributed by atoms with Crippen molar-refractivity contribution >= 4 is 18.4 Å². The monoisotopic (exact) mass is 314 g/mol. The van der Waals surface area contributed by atoms with Crippen LogP contribution in [0.1, 0.15) is 11.1 Å². The van der Waals surface area contributed by atoms with Crippen molar-refractivity contribution in [1.82, 2.24) is 19.9 Å². The molecule has 0 aliphatic carbocycles. The number of hydrogen-bond acceptors (Lipinski definition) is 8. The molecule has 0 unspecified atom stereocenters. The fourth-order valence-corrected chi connectivity index (χ4v) is 1.49. The van der Waals surface area contributed by atoms with E-state index in [1.54, 1.807) is 0 Å². The summed E-state index contributed by atoms with van der Waals surface area (Å²) < 4.78 is 10.1. The molecule has 2 aromatic heterocycles.